The van der Waals surface area contributed by atoms with Crippen molar-refractivity contribution in [1.29, 1.82) is 0 Å². The molecule has 1 aliphatic rings. The van der Waals surface area contributed by atoms with Gasteiger partial charge in [-0.15, -0.1) is 0 Å². The van der Waals surface area contributed by atoms with Crippen LogP contribution in [-0.2, 0) is 0 Å². The van der Waals surface area contributed by atoms with Crippen LogP contribution in [0.2, 0.25) is 0 Å². The minimum Gasteiger partial charge on any atom is -0.382 e. The van der Waals surface area contributed by atoms with Gasteiger partial charge in [0.15, 0.2) is 0 Å². The molecule has 1 saturated heterocycles. The molecule has 0 saturated carbocycles. The van der Waals surface area contributed by atoms with Crippen LogP contribution in [0.4, 0.5) is 10.1 Å². The van der Waals surface area contributed by atoms with E-state index in [1.165, 1.54) is 6.42 Å². The number of halogens is 2. The molecule has 1 aliphatic heterocycles. The van der Waals surface area contributed by atoms with Crippen LogP contribution in [0.3, 0.4) is 0 Å². The van der Waals surface area contributed by atoms with E-state index in [1.807, 2.05) is 6.07 Å². The topological polar surface area (TPSA) is 15.3 Å². The van der Waals surface area contributed by atoms with Crippen molar-refractivity contribution < 1.29 is 4.39 Å². The fraction of sp³-hybridized carbons (Fsp3) is 0.538. The zero-order valence-corrected chi connectivity index (χ0v) is 11.6. The van der Waals surface area contributed by atoms with E-state index in [4.69, 9.17) is 0 Å². The first kappa shape index (κ1) is 12.8. The zero-order chi connectivity index (χ0) is 12.3. The maximum Gasteiger partial charge on any atom is 0.139 e. The van der Waals surface area contributed by atoms with Crippen LogP contribution in [0.25, 0.3) is 0 Å². The first-order chi connectivity index (χ1) is 8.15. The molecule has 0 amide bonds. The highest BCUT2D eigenvalue weighted by molar-refractivity contribution is 9.10. The molecule has 4 heteroatoms. The van der Waals surface area contributed by atoms with Gasteiger partial charge in [-0.25, -0.2) is 4.39 Å². The standard InChI is InChI=1S/C13H18BrFN2/c1-17-7-2-3-10(6-8-17)16-11-4-5-12(14)13(15)9-11/h4-5,9-10,16H,2-3,6-8H2,1H3. The Kier molecular flexibility index (Phi) is 4.40. The predicted molar refractivity (Wildman–Crippen MR) is 72.9 cm³/mol. The molecule has 1 unspecified atom stereocenters. The molecule has 1 aromatic rings. The largest absolute Gasteiger partial charge is 0.382 e. The third kappa shape index (κ3) is 3.68. The lowest BCUT2D eigenvalue weighted by molar-refractivity contribution is 0.348. The number of likely N-dealkylation sites (tertiary alicyclic amines) is 1. The van der Waals surface area contributed by atoms with Crippen LogP contribution in [0.1, 0.15) is 19.3 Å². The molecular formula is C13H18BrFN2. The van der Waals surface area contributed by atoms with Crippen molar-refractivity contribution >= 4 is 21.6 Å². The summed E-state index contributed by atoms with van der Waals surface area (Å²) >= 11 is 3.17. The van der Waals surface area contributed by atoms with E-state index in [2.05, 4.69) is 33.2 Å². The van der Waals surface area contributed by atoms with Gasteiger partial charge in [-0.05, 0) is 73.5 Å². The van der Waals surface area contributed by atoms with Crippen molar-refractivity contribution in [2.24, 2.45) is 0 Å². The normalized spacial score (nSPS) is 22.2. The van der Waals surface area contributed by atoms with Crippen LogP contribution in [0, 0.1) is 5.82 Å². The van der Waals surface area contributed by atoms with Gasteiger partial charge in [-0.1, -0.05) is 0 Å². The van der Waals surface area contributed by atoms with E-state index in [0.717, 1.165) is 31.6 Å². The average Bonchev–Trinajstić information content (AvgIpc) is 2.49. The molecule has 1 N–H and O–H groups in total. The van der Waals surface area contributed by atoms with Crippen LogP contribution in [0.15, 0.2) is 22.7 Å². The van der Waals surface area contributed by atoms with Gasteiger partial charge in [0.2, 0.25) is 0 Å². The fourth-order valence-electron chi connectivity index (χ4n) is 2.21. The van der Waals surface area contributed by atoms with Gasteiger partial charge in [0.1, 0.15) is 5.82 Å². The Morgan fingerprint density at radius 2 is 2.18 bits per heavy atom. The maximum atomic E-state index is 13.4. The lowest BCUT2D eigenvalue weighted by Gasteiger charge is -2.18. The van der Waals surface area contributed by atoms with Crippen molar-refractivity contribution in [3.05, 3.63) is 28.5 Å². The van der Waals surface area contributed by atoms with Crippen molar-refractivity contribution in [3.63, 3.8) is 0 Å². The van der Waals surface area contributed by atoms with Gasteiger partial charge in [0.05, 0.1) is 4.47 Å². The van der Waals surface area contributed by atoms with Crippen molar-refractivity contribution in [2.45, 2.75) is 25.3 Å². The predicted octanol–water partition coefficient (Wildman–Crippen LogP) is 3.48. The summed E-state index contributed by atoms with van der Waals surface area (Å²) in [4.78, 5) is 2.35. The molecule has 0 aliphatic carbocycles. The third-order valence-electron chi connectivity index (χ3n) is 3.24. The van der Waals surface area contributed by atoms with Gasteiger partial charge >= 0.3 is 0 Å². The zero-order valence-electron chi connectivity index (χ0n) is 10.0. The number of hydrogen-bond donors (Lipinski definition) is 1. The minimum atomic E-state index is -0.208. The Hall–Kier alpha value is -0.610. The Morgan fingerprint density at radius 1 is 1.35 bits per heavy atom. The molecule has 0 aromatic heterocycles. The van der Waals surface area contributed by atoms with Gasteiger partial charge in [0, 0.05) is 11.7 Å². The van der Waals surface area contributed by atoms with E-state index < -0.39 is 0 Å². The number of nitrogens with one attached hydrogen (secondary N) is 1. The lowest BCUT2D eigenvalue weighted by Crippen LogP contribution is -2.23. The highest BCUT2D eigenvalue weighted by Gasteiger charge is 2.14. The second kappa shape index (κ2) is 5.83. The van der Waals surface area contributed by atoms with E-state index in [-0.39, 0.29) is 5.82 Å². The molecule has 1 fully saturated rings. The molecule has 1 aromatic carbocycles. The SMILES string of the molecule is CN1CCCC(Nc2ccc(Br)c(F)c2)CC1. The first-order valence-corrected chi connectivity index (χ1v) is 6.84. The second-order valence-electron chi connectivity index (χ2n) is 4.70. The van der Waals surface area contributed by atoms with Crippen LogP contribution >= 0.6 is 15.9 Å². The van der Waals surface area contributed by atoms with Gasteiger partial charge < -0.3 is 10.2 Å². The monoisotopic (exact) mass is 300 g/mol. The lowest BCUT2D eigenvalue weighted by atomic mass is 10.1. The fourth-order valence-corrected chi connectivity index (χ4v) is 2.45. The Morgan fingerprint density at radius 3 is 2.94 bits per heavy atom. The maximum absolute atomic E-state index is 13.4. The summed E-state index contributed by atoms with van der Waals surface area (Å²) in [6.45, 7) is 2.27. The average molecular weight is 301 g/mol. The molecule has 0 spiro atoms. The van der Waals surface area contributed by atoms with Gasteiger partial charge in [-0.2, -0.15) is 0 Å². The van der Waals surface area contributed by atoms with Crippen LogP contribution in [0.5, 0.6) is 0 Å². The summed E-state index contributed by atoms with van der Waals surface area (Å²) < 4.78 is 13.9. The van der Waals surface area contributed by atoms with Crippen molar-refractivity contribution in [3.8, 4) is 0 Å². The minimum absolute atomic E-state index is 0.208. The van der Waals surface area contributed by atoms with E-state index in [0.29, 0.717) is 10.5 Å². The molecule has 2 rings (SSSR count). The van der Waals surface area contributed by atoms with Crippen LogP contribution in [-0.4, -0.2) is 31.1 Å². The van der Waals surface area contributed by atoms with E-state index in [9.17, 15) is 4.39 Å². The molecule has 17 heavy (non-hydrogen) atoms. The Labute approximate surface area is 110 Å². The highest BCUT2D eigenvalue weighted by Crippen LogP contribution is 2.21. The quantitative estimate of drug-likeness (QED) is 0.899. The molecular weight excluding hydrogens is 283 g/mol. The summed E-state index contributed by atoms with van der Waals surface area (Å²) in [5.41, 5.74) is 0.875. The van der Waals surface area contributed by atoms with E-state index >= 15 is 0 Å². The number of rotatable bonds is 2. The van der Waals surface area contributed by atoms with Gasteiger partial charge in [0.25, 0.3) is 0 Å². The Balaban J connectivity index is 1.97. The third-order valence-corrected chi connectivity index (χ3v) is 3.89. The van der Waals surface area contributed by atoms with Gasteiger partial charge in [-0.3, -0.25) is 0 Å². The molecule has 94 valence electrons. The van der Waals surface area contributed by atoms with Crippen LogP contribution < -0.4 is 5.32 Å². The molecule has 0 bridgehead atoms. The summed E-state index contributed by atoms with van der Waals surface area (Å²) in [6, 6.07) is 5.68. The van der Waals surface area contributed by atoms with E-state index in [1.54, 1.807) is 12.1 Å². The smallest absolute Gasteiger partial charge is 0.139 e. The molecule has 0 radical (unpaired) electrons. The number of benzene rings is 1. The number of hydrogen-bond acceptors (Lipinski definition) is 2. The number of anilines is 1. The molecule has 1 heterocycles. The molecule has 1 atom stereocenters. The summed E-state index contributed by atoms with van der Waals surface area (Å²) in [7, 11) is 2.15. The highest BCUT2D eigenvalue weighted by atomic mass is 79.9. The summed E-state index contributed by atoms with van der Waals surface area (Å²) in [5.74, 6) is -0.208. The summed E-state index contributed by atoms with van der Waals surface area (Å²) in [5, 5.41) is 3.42. The van der Waals surface area contributed by atoms with Crippen molar-refractivity contribution in [2.75, 3.05) is 25.5 Å². The number of nitrogens with zero attached hydrogens (tertiary/aromatic N) is 1. The first-order valence-electron chi connectivity index (χ1n) is 6.05. The molecule has 2 nitrogen and oxygen atoms in total. The second-order valence-corrected chi connectivity index (χ2v) is 5.56. The Bertz CT molecular complexity index is 384. The van der Waals surface area contributed by atoms with Crippen molar-refractivity contribution in [1.82, 2.24) is 4.90 Å². The summed E-state index contributed by atoms with van der Waals surface area (Å²) in [6.07, 6.45) is 3.48.